The molecule has 0 bridgehead atoms. The Balaban J connectivity index is 1.68. The van der Waals surface area contributed by atoms with E-state index in [0.717, 1.165) is 13.1 Å². The Morgan fingerprint density at radius 3 is 2.76 bits per heavy atom. The Morgan fingerprint density at radius 2 is 2.05 bits per heavy atom. The summed E-state index contributed by atoms with van der Waals surface area (Å²) >= 11 is 0. The number of rotatable bonds is 4. The number of carbonyl (C=O) groups excluding carboxylic acids is 2. The highest BCUT2D eigenvalue weighted by Gasteiger charge is 2.43. The van der Waals surface area contributed by atoms with Crippen LogP contribution >= 0.6 is 0 Å². The van der Waals surface area contributed by atoms with Crippen LogP contribution in [0.15, 0.2) is 30.3 Å². The van der Waals surface area contributed by atoms with Crippen LogP contribution in [0.2, 0.25) is 0 Å². The number of hydrogen-bond donors (Lipinski definition) is 1. The minimum atomic E-state index is -0.481. The van der Waals surface area contributed by atoms with Crippen LogP contribution < -0.4 is 5.73 Å². The maximum Gasteiger partial charge on any atom is 0.249 e. The van der Waals surface area contributed by atoms with Crippen molar-refractivity contribution >= 4 is 11.8 Å². The van der Waals surface area contributed by atoms with Gasteiger partial charge in [0.15, 0.2) is 0 Å². The number of ether oxygens (including phenoxy) is 1. The highest BCUT2D eigenvalue weighted by molar-refractivity contribution is 5.85. The summed E-state index contributed by atoms with van der Waals surface area (Å²) in [4.78, 5) is 26.9. The lowest BCUT2D eigenvalue weighted by atomic mass is 10.1. The molecule has 1 aromatic rings. The van der Waals surface area contributed by atoms with E-state index in [2.05, 4.69) is 17.0 Å². The topological polar surface area (TPSA) is 75.9 Å². The second-order valence-corrected chi connectivity index (χ2v) is 5.58. The van der Waals surface area contributed by atoms with E-state index in [4.69, 9.17) is 10.5 Å². The van der Waals surface area contributed by atoms with Crippen LogP contribution in [0, 0.1) is 0 Å². The van der Waals surface area contributed by atoms with Crippen molar-refractivity contribution in [2.75, 3.05) is 26.2 Å². The van der Waals surface area contributed by atoms with Gasteiger partial charge in [0.2, 0.25) is 11.8 Å². The van der Waals surface area contributed by atoms with Crippen LogP contribution in [-0.4, -0.2) is 60.0 Å². The van der Waals surface area contributed by atoms with Gasteiger partial charge in [-0.3, -0.25) is 14.5 Å². The monoisotopic (exact) mass is 289 g/mol. The standard InChI is InChI=1S/C15H19N3O3/c16-14(19)9-18-12-7-17(6-11-4-2-1-3-5-11)8-13(12)21-10-15(18)20/h1-5,12-13H,6-10H2,(H2,16,19)/t12-,13+/m1/s1. The summed E-state index contributed by atoms with van der Waals surface area (Å²) < 4.78 is 5.61. The molecule has 0 aliphatic carbocycles. The fraction of sp³-hybridized carbons (Fsp3) is 0.467. The normalized spacial score (nSPS) is 25.9. The molecule has 1 aromatic carbocycles. The number of primary amides is 1. The van der Waals surface area contributed by atoms with Gasteiger partial charge < -0.3 is 15.4 Å². The zero-order valence-electron chi connectivity index (χ0n) is 11.8. The fourth-order valence-electron chi connectivity index (χ4n) is 3.09. The third-order valence-corrected chi connectivity index (χ3v) is 4.03. The zero-order chi connectivity index (χ0) is 14.8. The first-order valence-corrected chi connectivity index (χ1v) is 7.09. The van der Waals surface area contributed by atoms with Crippen LogP contribution in [0.3, 0.4) is 0 Å². The molecular formula is C15H19N3O3. The summed E-state index contributed by atoms with van der Waals surface area (Å²) in [5.41, 5.74) is 6.47. The van der Waals surface area contributed by atoms with Crippen molar-refractivity contribution < 1.29 is 14.3 Å². The maximum atomic E-state index is 11.9. The van der Waals surface area contributed by atoms with E-state index in [-0.39, 0.29) is 31.2 Å². The summed E-state index contributed by atoms with van der Waals surface area (Å²) in [6.07, 6.45) is -0.0363. The molecule has 0 saturated carbocycles. The van der Waals surface area contributed by atoms with Crippen molar-refractivity contribution in [1.29, 1.82) is 0 Å². The van der Waals surface area contributed by atoms with Crippen LogP contribution in [0.25, 0.3) is 0 Å². The Morgan fingerprint density at radius 1 is 1.29 bits per heavy atom. The summed E-state index contributed by atoms with van der Waals surface area (Å²) in [7, 11) is 0. The Labute approximate surface area is 123 Å². The Bertz CT molecular complexity index is 534. The van der Waals surface area contributed by atoms with E-state index >= 15 is 0 Å². The minimum Gasteiger partial charge on any atom is -0.368 e. The van der Waals surface area contributed by atoms with Gasteiger partial charge in [0.25, 0.3) is 0 Å². The number of amides is 2. The highest BCUT2D eigenvalue weighted by Crippen LogP contribution is 2.24. The third-order valence-electron chi connectivity index (χ3n) is 4.03. The number of morpholine rings is 1. The van der Waals surface area contributed by atoms with Crippen molar-refractivity contribution in [2.45, 2.75) is 18.7 Å². The molecule has 0 unspecified atom stereocenters. The van der Waals surface area contributed by atoms with Crippen molar-refractivity contribution in [1.82, 2.24) is 9.80 Å². The summed E-state index contributed by atoms with van der Waals surface area (Å²) in [6.45, 7) is 2.30. The van der Waals surface area contributed by atoms with E-state index in [0.29, 0.717) is 6.54 Å². The number of hydrogen-bond acceptors (Lipinski definition) is 4. The molecule has 2 N–H and O–H groups in total. The molecular weight excluding hydrogens is 270 g/mol. The van der Waals surface area contributed by atoms with Gasteiger partial charge in [-0.2, -0.15) is 0 Å². The van der Waals surface area contributed by atoms with E-state index in [1.165, 1.54) is 5.56 Å². The van der Waals surface area contributed by atoms with Crippen LogP contribution in [0.4, 0.5) is 0 Å². The lowest BCUT2D eigenvalue weighted by molar-refractivity contribution is -0.155. The number of carbonyl (C=O) groups is 2. The molecule has 3 rings (SSSR count). The molecule has 2 heterocycles. The summed E-state index contributed by atoms with van der Waals surface area (Å²) in [5, 5.41) is 0. The van der Waals surface area contributed by atoms with E-state index < -0.39 is 5.91 Å². The largest absolute Gasteiger partial charge is 0.368 e. The van der Waals surface area contributed by atoms with E-state index in [1.54, 1.807) is 4.90 Å². The second-order valence-electron chi connectivity index (χ2n) is 5.58. The molecule has 2 fully saturated rings. The first kappa shape index (κ1) is 14.0. The average Bonchev–Trinajstić information content (AvgIpc) is 2.86. The van der Waals surface area contributed by atoms with Crippen molar-refractivity contribution in [3.8, 4) is 0 Å². The van der Waals surface area contributed by atoms with Gasteiger partial charge in [-0.25, -0.2) is 0 Å². The molecule has 6 nitrogen and oxygen atoms in total. The predicted octanol–water partition coefficient (Wildman–Crippen LogP) is -0.416. The van der Waals surface area contributed by atoms with Gasteiger partial charge in [-0.1, -0.05) is 30.3 Å². The fourth-order valence-corrected chi connectivity index (χ4v) is 3.09. The first-order chi connectivity index (χ1) is 10.1. The van der Waals surface area contributed by atoms with Crippen LogP contribution in [-0.2, 0) is 20.9 Å². The van der Waals surface area contributed by atoms with Gasteiger partial charge in [-0.05, 0) is 5.56 Å². The summed E-state index contributed by atoms with van der Waals surface area (Å²) in [6, 6.07) is 10.1. The molecule has 112 valence electrons. The average molecular weight is 289 g/mol. The van der Waals surface area contributed by atoms with Gasteiger partial charge >= 0.3 is 0 Å². The quantitative estimate of drug-likeness (QED) is 0.817. The molecule has 6 heteroatoms. The van der Waals surface area contributed by atoms with E-state index in [9.17, 15) is 9.59 Å². The van der Waals surface area contributed by atoms with E-state index in [1.807, 2.05) is 18.2 Å². The number of nitrogens with two attached hydrogens (primary N) is 1. The Kier molecular flexibility index (Phi) is 3.90. The second kappa shape index (κ2) is 5.83. The molecule has 2 amide bonds. The van der Waals surface area contributed by atoms with Crippen LogP contribution in [0.5, 0.6) is 0 Å². The molecule has 2 aliphatic heterocycles. The molecule has 2 atom stereocenters. The maximum absolute atomic E-state index is 11.9. The van der Waals surface area contributed by atoms with Crippen LogP contribution in [0.1, 0.15) is 5.56 Å². The SMILES string of the molecule is NC(=O)CN1C(=O)CO[C@H]2CN(Cc3ccccc3)C[C@H]21. The highest BCUT2D eigenvalue weighted by atomic mass is 16.5. The molecule has 0 radical (unpaired) electrons. The first-order valence-electron chi connectivity index (χ1n) is 7.09. The lowest BCUT2D eigenvalue weighted by Crippen LogP contribution is -2.56. The van der Waals surface area contributed by atoms with Crippen molar-refractivity contribution in [3.63, 3.8) is 0 Å². The lowest BCUT2D eigenvalue weighted by Gasteiger charge is -2.35. The smallest absolute Gasteiger partial charge is 0.249 e. The van der Waals surface area contributed by atoms with Crippen molar-refractivity contribution in [3.05, 3.63) is 35.9 Å². The van der Waals surface area contributed by atoms with Gasteiger partial charge in [0.05, 0.1) is 18.7 Å². The summed E-state index contributed by atoms with van der Waals surface area (Å²) in [5.74, 6) is -0.637. The van der Waals surface area contributed by atoms with Gasteiger partial charge in [0.1, 0.15) is 6.61 Å². The molecule has 0 aromatic heterocycles. The number of fused-ring (bicyclic) bond motifs is 1. The molecule has 2 aliphatic rings. The van der Waals surface area contributed by atoms with Crippen molar-refractivity contribution in [2.24, 2.45) is 5.73 Å². The number of likely N-dealkylation sites (tertiary alicyclic amines) is 1. The molecule has 0 spiro atoms. The minimum absolute atomic E-state index is 0.0253. The zero-order valence-corrected chi connectivity index (χ0v) is 11.8. The molecule has 21 heavy (non-hydrogen) atoms. The third kappa shape index (κ3) is 3.06. The predicted molar refractivity (Wildman–Crippen MR) is 76.2 cm³/mol. The van der Waals surface area contributed by atoms with Gasteiger partial charge in [-0.15, -0.1) is 0 Å². The molecule has 2 saturated heterocycles. The number of nitrogens with zero attached hydrogens (tertiary/aromatic N) is 2. The van der Waals surface area contributed by atoms with Gasteiger partial charge in [0, 0.05) is 19.6 Å². The number of benzene rings is 1. The Hall–Kier alpha value is -1.92.